The van der Waals surface area contributed by atoms with Gasteiger partial charge in [-0.25, -0.2) is 15.0 Å². The van der Waals surface area contributed by atoms with E-state index >= 15 is 0 Å². The molecule has 0 unspecified atom stereocenters. The van der Waals surface area contributed by atoms with Crippen molar-refractivity contribution in [1.29, 1.82) is 0 Å². The van der Waals surface area contributed by atoms with E-state index < -0.39 is 5.91 Å². The molecule has 0 aliphatic carbocycles. The minimum atomic E-state index is -0.657. The molecule has 0 aromatic carbocycles. The molecule has 0 radical (unpaired) electrons. The number of anilines is 1. The van der Waals surface area contributed by atoms with Gasteiger partial charge in [-0.1, -0.05) is 0 Å². The number of ether oxygens (including phenoxy) is 1. The number of piperazine rings is 1. The highest BCUT2D eigenvalue weighted by atomic mass is 16.5. The number of fused-ring (bicyclic) bond motifs is 1. The number of carbonyl (C=O) groups is 1. The molecule has 1 amide bonds. The third kappa shape index (κ3) is 3.65. The monoisotopic (exact) mass is 410 g/mol. The smallest absolute Gasteiger partial charge is 0.256 e. The van der Waals surface area contributed by atoms with Gasteiger partial charge in [0.05, 0.1) is 18.0 Å². The van der Waals surface area contributed by atoms with Gasteiger partial charge >= 0.3 is 0 Å². The van der Waals surface area contributed by atoms with E-state index in [1.807, 2.05) is 31.4 Å². The lowest BCUT2D eigenvalue weighted by atomic mass is 10.1. The number of nitrogens with two attached hydrogens (primary N) is 1. The summed E-state index contributed by atoms with van der Waals surface area (Å²) in [5.74, 6) is 0.0146. The lowest BCUT2D eigenvalue weighted by Crippen LogP contribution is -2.50. The normalized spacial score (nSPS) is 16.8. The van der Waals surface area contributed by atoms with Crippen LogP contribution in [0.2, 0.25) is 0 Å². The molecule has 0 spiro atoms. The van der Waals surface area contributed by atoms with E-state index in [1.165, 1.54) is 0 Å². The van der Waals surface area contributed by atoms with Gasteiger partial charge < -0.3 is 25.1 Å². The Hall–Kier alpha value is -3.27. The Bertz CT molecular complexity index is 1110. The van der Waals surface area contributed by atoms with Crippen LogP contribution in [0.25, 0.3) is 17.0 Å². The van der Waals surface area contributed by atoms with Gasteiger partial charge in [0.25, 0.3) is 5.91 Å². The molecule has 30 heavy (non-hydrogen) atoms. The van der Waals surface area contributed by atoms with E-state index in [9.17, 15) is 4.79 Å². The van der Waals surface area contributed by atoms with Crippen molar-refractivity contribution in [2.24, 2.45) is 5.73 Å². The second-order valence-corrected chi connectivity index (χ2v) is 7.48. The second kappa shape index (κ2) is 7.86. The number of carbonyl (C=O) groups excluding carboxylic acids is 1. The SMILES string of the molecule is CCOc1nc(N2CCN[C@@H](C)C2)nc(-c2cn3cc(C)nc3c(C)n2)c1C(N)=O. The Morgan fingerprint density at radius 1 is 1.27 bits per heavy atom. The highest BCUT2D eigenvalue weighted by Gasteiger charge is 2.26. The molecule has 4 heterocycles. The maximum Gasteiger partial charge on any atom is 0.256 e. The molecule has 0 bridgehead atoms. The molecule has 3 aromatic heterocycles. The van der Waals surface area contributed by atoms with Crippen LogP contribution < -0.4 is 20.7 Å². The Morgan fingerprint density at radius 3 is 2.77 bits per heavy atom. The first-order valence-electron chi connectivity index (χ1n) is 10.0. The van der Waals surface area contributed by atoms with Crippen LogP contribution in [0.15, 0.2) is 12.4 Å². The van der Waals surface area contributed by atoms with Gasteiger partial charge in [-0.15, -0.1) is 0 Å². The molecule has 158 valence electrons. The van der Waals surface area contributed by atoms with Crippen molar-refractivity contribution in [1.82, 2.24) is 29.7 Å². The molecule has 1 saturated heterocycles. The predicted octanol–water partition coefficient (Wildman–Crippen LogP) is 1.10. The molecule has 3 aromatic rings. The van der Waals surface area contributed by atoms with Crippen LogP contribution in [0.4, 0.5) is 5.95 Å². The molecule has 3 N–H and O–H groups in total. The Labute approximate surface area is 174 Å². The average Bonchev–Trinajstić information content (AvgIpc) is 3.08. The number of amides is 1. The van der Waals surface area contributed by atoms with E-state index in [0.717, 1.165) is 36.7 Å². The third-order valence-electron chi connectivity index (χ3n) is 5.01. The van der Waals surface area contributed by atoms with Crippen LogP contribution in [0.5, 0.6) is 5.88 Å². The quantitative estimate of drug-likeness (QED) is 0.641. The summed E-state index contributed by atoms with van der Waals surface area (Å²) in [6.45, 7) is 10.4. The maximum absolute atomic E-state index is 12.4. The van der Waals surface area contributed by atoms with Gasteiger partial charge in [-0.05, 0) is 27.7 Å². The summed E-state index contributed by atoms with van der Waals surface area (Å²) in [5.41, 5.74) is 9.08. The summed E-state index contributed by atoms with van der Waals surface area (Å²) in [6, 6.07) is 0.294. The van der Waals surface area contributed by atoms with E-state index in [0.29, 0.717) is 30.0 Å². The Kier molecular flexibility index (Phi) is 5.25. The maximum atomic E-state index is 12.4. The first-order valence-corrected chi connectivity index (χ1v) is 10.0. The number of primary amides is 1. The Balaban J connectivity index is 1.93. The standard InChI is InChI=1S/C20H26N8O2/c1-5-30-19-15(17(21)29)16(25-20(26-19)27-7-6-22-11(2)8-27)14-10-28-9-12(3)23-18(28)13(4)24-14/h9-11,22H,5-8H2,1-4H3,(H2,21,29)/t11-/m0/s1. The van der Waals surface area contributed by atoms with Crippen LogP contribution in [-0.4, -0.2) is 62.5 Å². The number of rotatable bonds is 5. The van der Waals surface area contributed by atoms with Crippen LogP contribution >= 0.6 is 0 Å². The number of hydrogen-bond acceptors (Lipinski definition) is 8. The van der Waals surface area contributed by atoms with E-state index in [-0.39, 0.29) is 11.4 Å². The number of imidazole rings is 1. The summed E-state index contributed by atoms with van der Waals surface area (Å²) < 4.78 is 7.58. The molecule has 1 aliphatic rings. The second-order valence-electron chi connectivity index (χ2n) is 7.48. The van der Waals surface area contributed by atoms with Gasteiger partial charge in [-0.2, -0.15) is 4.98 Å². The van der Waals surface area contributed by atoms with Crippen LogP contribution in [0, 0.1) is 13.8 Å². The molecule has 10 heteroatoms. The van der Waals surface area contributed by atoms with Crippen LogP contribution in [0.1, 0.15) is 35.6 Å². The fraction of sp³-hybridized carbons (Fsp3) is 0.450. The molecule has 1 fully saturated rings. The van der Waals surface area contributed by atoms with Gasteiger partial charge in [-0.3, -0.25) is 4.79 Å². The summed E-state index contributed by atoms with van der Waals surface area (Å²) in [4.78, 5) is 32.9. The van der Waals surface area contributed by atoms with E-state index in [2.05, 4.69) is 32.1 Å². The lowest BCUT2D eigenvalue weighted by Gasteiger charge is -2.32. The van der Waals surface area contributed by atoms with Gasteiger partial charge in [0.15, 0.2) is 5.65 Å². The number of hydrogen-bond donors (Lipinski definition) is 2. The summed E-state index contributed by atoms with van der Waals surface area (Å²) in [6.07, 6.45) is 3.71. The van der Waals surface area contributed by atoms with Crippen molar-refractivity contribution in [2.75, 3.05) is 31.1 Å². The number of nitrogens with one attached hydrogen (secondary N) is 1. The van der Waals surface area contributed by atoms with Gasteiger partial charge in [0, 0.05) is 38.1 Å². The molecular formula is C20H26N8O2. The lowest BCUT2D eigenvalue weighted by molar-refractivity contribution is 0.0996. The van der Waals surface area contributed by atoms with Crippen molar-refractivity contribution < 1.29 is 9.53 Å². The third-order valence-corrected chi connectivity index (χ3v) is 5.01. The van der Waals surface area contributed by atoms with Crippen molar-refractivity contribution in [3.63, 3.8) is 0 Å². The average molecular weight is 410 g/mol. The van der Waals surface area contributed by atoms with E-state index in [1.54, 1.807) is 6.20 Å². The number of aryl methyl sites for hydroxylation is 2. The van der Waals surface area contributed by atoms with Crippen molar-refractivity contribution in [2.45, 2.75) is 33.7 Å². The van der Waals surface area contributed by atoms with Gasteiger partial charge in [0.2, 0.25) is 11.8 Å². The first kappa shape index (κ1) is 20.0. The molecular weight excluding hydrogens is 384 g/mol. The topological polar surface area (TPSA) is 124 Å². The molecule has 0 saturated carbocycles. The highest BCUT2D eigenvalue weighted by Crippen LogP contribution is 2.30. The minimum absolute atomic E-state index is 0.131. The van der Waals surface area contributed by atoms with Crippen LogP contribution in [-0.2, 0) is 0 Å². The first-order chi connectivity index (χ1) is 14.4. The molecule has 1 aliphatic heterocycles. The van der Waals surface area contributed by atoms with E-state index in [4.69, 9.17) is 15.5 Å². The molecule has 4 rings (SSSR count). The van der Waals surface area contributed by atoms with Crippen molar-refractivity contribution in [3.8, 4) is 17.3 Å². The van der Waals surface area contributed by atoms with Gasteiger partial charge in [0.1, 0.15) is 17.0 Å². The number of nitrogens with zero attached hydrogens (tertiary/aromatic N) is 6. The number of aromatic nitrogens is 5. The summed E-state index contributed by atoms with van der Waals surface area (Å²) >= 11 is 0. The zero-order valence-corrected chi connectivity index (χ0v) is 17.6. The van der Waals surface area contributed by atoms with Crippen molar-refractivity contribution >= 4 is 17.5 Å². The fourth-order valence-electron chi connectivity index (χ4n) is 3.72. The zero-order valence-electron chi connectivity index (χ0n) is 17.6. The summed E-state index contributed by atoms with van der Waals surface area (Å²) in [5, 5.41) is 3.40. The zero-order chi connectivity index (χ0) is 21.4. The van der Waals surface area contributed by atoms with Crippen molar-refractivity contribution in [3.05, 3.63) is 29.3 Å². The molecule has 1 atom stereocenters. The fourth-order valence-corrected chi connectivity index (χ4v) is 3.72. The minimum Gasteiger partial charge on any atom is -0.477 e. The summed E-state index contributed by atoms with van der Waals surface area (Å²) in [7, 11) is 0. The predicted molar refractivity (Wildman–Crippen MR) is 113 cm³/mol. The Morgan fingerprint density at radius 2 is 2.07 bits per heavy atom. The highest BCUT2D eigenvalue weighted by molar-refractivity contribution is 6.01. The largest absolute Gasteiger partial charge is 0.477 e. The molecule has 10 nitrogen and oxygen atoms in total. The van der Waals surface area contributed by atoms with Crippen LogP contribution in [0.3, 0.4) is 0 Å².